The van der Waals surface area contributed by atoms with Crippen molar-refractivity contribution in [1.29, 1.82) is 0 Å². The molecule has 0 aliphatic carbocycles. The van der Waals surface area contributed by atoms with E-state index in [9.17, 15) is 19.5 Å². The molecule has 0 aromatic heterocycles. The number of hydrogen-bond donors (Lipinski definition) is 1. The Morgan fingerprint density at radius 3 is 2.28 bits per heavy atom. The van der Waals surface area contributed by atoms with Gasteiger partial charge in [0.1, 0.15) is 0 Å². The number of amides is 2. The fraction of sp³-hybridized carbons (Fsp3) is 0.281. The quantitative estimate of drug-likeness (QED) is 0.322. The molecule has 1 aliphatic rings. The Morgan fingerprint density at radius 2 is 1.67 bits per heavy atom. The minimum Gasteiger partial charge on any atom is -0.481 e. The molecular formula is C32H33ClN2O4. The van der Waals surface area contributed by atoms with Crippen LogP contribution in [0.5, 0.6) is 0 Å². The van der Waals surface area contributed by atoms with Crippen LogP contribution in [0.4, 0.5) is 11.4 Å². The molecule has 0 bridgehead atoms. The van der Waals surface area contributed by atoms with Crippen LogP contribution in [-0.2, 0) is 16.0 Å². The van der Waals surface area contributed by atoms with E-state index in [2.05, 4.69) is 0 Å². The molecule has 0 spiro atoms. The van der Waals surface area contributed by atoms with E-state index in [1.807, 2.05) is 78.6 Å². The van der Waals surface area contributed by atoms with Crippen LogP contribution < -0.4 is 9.80 Å². The topological polar surface area (TPSA) is 77.9 Å². The lowest BCUT2D eigenvalue weighted by atomic mass is 9.89. The van der Waals surface area contributed by atoms with E-state index in [0.717, 1.165) is 22.5 Å². The first-order valence-electron chi connectivity index (χ1n) is 13.0. The third-order valence-electron chi connectivity index (χ3n) is 7.18. The molecule has 39 heavy (non-hydrogen) atoms. The molecule has 0 unspecified atom stereocenters. The number of carbonyl (C=O) groups is 3. The number of carboxylic acid groups (broad SMARTS) is 1. The molecule has 0 radical (unpaired) electrons. The average Bonchev–Trinajstić information content (AvgIpc) is 2.89. The second-order valence-corrected chi connectivity index (χ2v) is 11.0. The lowest BCUT2D eigenvalue weighted by molar-refractivity contribution is -0.144. The third kappa shape index (κ3) is 6.07. The van der Waals surface area contributed by atoms with Crippen molar-refractivity contribution in [3.8, 4) is 0 Å². The van der Waals surface area contributed by atoms with Crippen molar-refractivity contribution in [1.82, 2.24) is 0 Å². The van der Waals surface area contributed by atoms with Gasteiger partial charge in [-0.15, -0.1) is 0 Å². The van der Waals surface area contributed by atoms with Gasteiger partial charge in [-0.25, -0.2) is 0 Å². The number of para-hydroxylation sites is 1. The largest absolute Gasteiger partial charge is 0.481 e. The molecule has 0 saturated carbocycles. The highest BCUT2D eigenvalue weighted by atomic mass is 35.5. The Morgan fingerprint density at radius 1 is 1.03 bits per heavy atom. The minimum atomic E-state index is -0.933. The lowest BCUT2D eigenvalue weighted by Gasteiger charge is -2.43. The van der Waals surface area contributed by atoms with Gasteiger partial charge in [0.15, 0.2) is 0 Å². The molecule has 1 N–H and O–H groups in total. The SMILES string of the molecule is CC(=O)N(c1ccc(Cl)cc1)[C@@H]1C[C@H](C)N(C(=O)c2ccc(CC=CC(C)(C)C(=O)O)cc2)c2ccccc21. The molecule has 1 heterocycles. The molecule has 3 aromatic carbocycles. The standard InChI is InChI=1S/C32H33ClN2O4/c1-21-20-29(35(22(2)36)26-17-15-25(33)16-18-26)27-9-5-6-10-28(27)34(21)30(37)24-13-11-23(12-14-24)8-7-19-32(3,4)31(38)39/h5-7,9-19,21,29H,8,20H2,1-4H3,(H,38,39)/t21-,29+/m0/s1. The number of hydrogen-bond acceptors (Lipinski definition) is 3. The molecule has 3 aromatic rings. The molecule has 2 amide bonds. The number of carbonyl (C=O) groups excluding carboxylic acids is 2. The van der Waals surface area contributed by atoms with E-state index in [4.69, 9.17) is 11.6 Å². The second kappa shape index (κ2) is 11.5. The fourth-order valence-electron chi connectivity index (χ4n) is 5.00. The average molecular weight is 545 g/mol. The molecule has 2 atom stereocenters. The van der Waals surface area contributed by atoms with Crippen molar-refractivity contribution in [3.05, 3.63) is 107 Å². The Bertz CT molecular complexity index is 1400. The predicted octanol–water partition coefficient (Wildman–Crippen LogP) is 7.08. The van der Waals surface area contributed by atoms with E-state index in [0.29, 0.717) is 23.4 Å². The summed E-state index contributed by atoms with van der Waals surface area (Å²) in [7, 11) is 0. The number of anilines is 2. The summed E-state index contributed by atoms with van der Waals surface area (Å²) < 4.78 is 0. The van der Waals surface area contributed by atoms with Crippen molar-refractivity contribution < 1.29 is 19.5 Å². The highest BCUT2D eigenvalue weighted by Gasteiger charge is 2.38. The van der Waals surface area contributed by atoms with Crippen molar-refractivity contribution in [3.63, 3.8) is 0 Å². The Balaban J connectivity index is 1.60. The van der Waals surface area contributed by atoms with Crippen LogP contribution in [0.2, 0.25) is 5.02 Å². The van der Waals surface area contributed by atoms with E-state index in [1.165, 1.54) is 0 Å². The zero-order valence-electron chi connectivity index (χ0n) is 22.6. The predicted molar refractivity (Wildman–Crippen MR) is 155 cm³/mol. The number of nitrogens with zero attached hydrogens (tertiary/aromatic N) is 2. The van der Waals surface area contributed by atoms with E-state index < -0.39 is 11.4 Å². The van der Waals surface area contributed by atoms with Gasteiger partial charge in [0.25, 0.3) is 5.91 Å². The summed E-state index contributed by atoms with van der Waals surface area (Å²) in [6, 6.07) is 22.0. The van der Waals surface area contributed by atoms with Gasteiger partial charge in [-0.3, -0.25) is 14.4 Å². The highest BCUT2D eigenvalue weighted by Crippen LogP contribution is 2.42. The number of halogens is 1. The number of fused-ring (bicyclic) bond motifs is 1. The summed E-state index contributed by atoms with van der Waals surface area (Å²) in [6.07, 6.45) is 4.68. The van der Waals surface area contributed by atoms with Crippen molar-refractivity contribution in [2.75, 3.05) is 9.80 Å². The molecule has 202 valence electrons. The molecule has 7 heteroatoms. The molecule has 4 rings (SSSR count). The van der Waals surface area contributed by atoms with Crippen LogP contribution >= 0.6 is 11.6 Å². The van der Waals surface area contributed by atoms with Gasteiger partial charge >= 0.3 is 5.97 Å². The van der Waals surface area contributed by atoms with Crippen LogP contribution in [0.1, 0.15) is 61.6 Å². The van der Waals surface area contributed by atoms with Gasteiger partial charge in [0, 0.05) is 34.9 Å². The van der Waals surface area contributed by atoms with Gasteiger partial charge in [-0.2, -0.15) is 0 Å². The number of carboxylic acids is 1. The van der Waals surface area contributed by atoms with Crippen molar-refractivity contribution in [2.45, 2.75) is 52.6 Å². The number of aliphatic carboxylic acids is 1. The summed E-state index contributed by atoms with van der Waals surface area (Å²) in [6.45, 7) is 6.87. The van der Waals surface area contributed by atoms with E-state index in [-0.39, 0.29) is 23.9 Å². The summed E-state index contributed by atoms with van der Waals surface area (Å²) >= 11 is 6.09. The minimum absolute atomic E-state index is 0.0829. The maximum absolute atomic E-state index is 13.8. The zero-order chi connectivity index (χ0) is 28.3. The van der Waals surface area contributed by atoms with Gasteiger partial charge in [-0.05, 0) is 87.2 Å². The fourth-order valence-corrected chi connectivity index (χ4v) is 5.13. The lowest BCUT2D eigenvalue weighted by Crippen LogP contribution is -2.47. The van der Waals surface area contributed by atoms with Gasteiger partial charge in [0.05, 0.1) is 11.5 Å². The van der Waals surface area contributed by atoms with Crippen molar-refractivity contribution in [2.24, 2.45) is 5.41 Å². The smallest absolute Gasteiger partial charge is 0.312 e. The Kier molecular flexibility index (Phi) is 8.26. The first-order valence-corrected chi connectivity index (χ1v) is 13.4. The van der Waals surface area contributed by atoms with Crippen LogP contribution in [0.3, 0.4) is 0 Å². The molecule has 0 fully saturated rings. The molecule has 0 saturated heterocycles. The van der Waals surface area contributed by atoms with E-state index in [1.54, 1.807) is 43.9 Å². The van der Waals surface area contributed by atoms with Gasteiger partial charge < -0.3 is 14.9 Å². The maximum atomic E-state index is 13.8. The van der Waals surface area contributed by atoms with Gasteiger partial charge in [0.2, 0.25) is 5.91 Å². The summed E-state index contributed by atoms with van der Waals surface area (Å²) in [5.41, 5.74) is 3.07. The first-order chi connectivity index (χ1) is 18.5. The first kappa shape index (κ1) is 28.1. The molecule has 1 aliphatic heterocycles. The summed E-state index contributed by atoms with van der Waals surface area (Å²) in [4.78, 5) is 41.5. The second-order valence-electron chi connectivity index (χ2n) is 10.5. The Labute approximate surface area is 234 Å². The maximum Gasteiger partial charge on any atom is 0.312 e. The van der Waals surface area contributed by atoms with Crippen LogP contribution in [0, 0.1) is 5.41 Å². The summed E-state index contributed by atoms with van der Waals surface area (Å²) in [5, 5.41) is 9.87. The normalized spacial score (nSPS) is 17.1. The van der Waals surface area contributed by atoms with Crippen LogP contribution in [0.25, 0.3) is 0 Å². The number of allylic oxidation sites excluding steroid dienone is 1. The highest BCUT2D eigenvalue weighted by molar-refractivity contribution is 6.30. The third-order valence-corrected chi connectivity index (χ3v) is 7.43. The Hall–Kier alpha value is -3.90. The van der Waals surface area contributed by atoms with Gasteiger partial charge in [-0.1, -0.05) is 54.1 Å². The zero-order valence-corrected chi connectivity index (χ0v) is 23.4. The van der Waals surface area contributed by atoms with Crippen LogP contribution in [0.15, 0.2) is 84.9 Å². The molecular weight excluding hydrogens is 512 g/mol. The van der Waals surface area contributed by atoms with Crippen molar-refractivity contribution >= 4 is 40.8 Å². The van der Waals surface area contributed by atoms with Crippen LogP contribution in [-0.4, -0.2) is 28.9 Å². The molecule has 6 nitrogen and oxygen atoms in total. The summed E-state index contributed by atoms with van der Waals surface area (Å²) in [5.74, 6) is -1.07. The van der Waals surface area contributed by atoms with E-state index >= 15 is 0 Å². The number of rotatable bonds is 7. The monoisotopic (exact) mass is 544 g/mol. The number of benzene rings is 3.